The van der Waals surface area contributed by atoms with Crippen LogP contribution < -0.4 is 10.5 Å². The zero-order valence-corrected chi connectivity index (χ0v) is 16.1. The highest BCUT2D eigenvalue weighted by atomic mass is 35.5. The van der Waals surface area contributed by atoms with Crippen molar-refractivity contribution in [3.05, 3.63) is 65.7 Å². The highest BCUT2D eigenvalue weighted by molar-refractivity contribution is 7.89. The Bertz CT molecular complexity index is 883. The molecule has 0 aliphatic heterocycles. The number of hydrogen-bond acceptors (Lipinski definition) is 4. The van der Waals surface area contributed by atoms with Crippen LogP contribution in [-0.4, -0.2) is 26.3 Å². The molecule has 26 heavy (non-hydrogen) atoms. The van der Waals surface area contributed by atoms with E-state index in [4.69, 9.17) is 5.73 Å². The summed E-state index contributed by atoms with van der Waals surface area (Å²) >= 11 is 0. The van der Waals surface area contributed by atoms with Crippen molar-refractivity contribution in [2.45, 2.75) is 30.2 Å². The number of rotatable bonds is 7. The van der Waals surface area contributed by atoms with Crippen molar-refractivity contribution in [2.75, 3.05) is 6.54 Å². The van der Waals surface area contributed by atoms with Crippen LogP contribution in [0.25, 0.3) is 0 Å². The largest absolute Gasteiger partial charge is 0.329 e. The topological polar surface area (TPSA) is 89.3 Å². The first-order chi connectivity index (χ1) is 11.9. The first-order valence-electron chi connectivity index (χ1n) is 8.30. The third-order valence-corrected chi connectivity index (χ3v) is 6.40. The van der Waals surface area contributed by atoms with Crippen LogP contribution in [0.3, 0.4) is 0 Å². The summed E-state index contributed by atoms with van der Waals surface area (Å²) in [7, 11) is -3.87. The van der Waals surface area contributed by atoms with Gasteiger partial charge >= 0.3 is 0 Å². The Labute approximate surface area is 160 Å². The minimum atomic E-state index is -3.87. The first kappa shape index (κ1) is 20.6. The van der Waals surface area contributed by atoms with E-state index in [2.05, 4.69) is 4.72 Å². The van der Waals surface area contributed by atoms with Crippen LogP contribution in [0.4, 0.5) is 0 Å². The lowest BCUT2D eigenvalue weighted by Crippen LogP contribution is -2.53. The average Bonchev–Trinajstić information content (AvgIpc) is 3.47. The van der Waals surface area contributed by atoms with Crippen molar-refractivity contribution in [3.63, 3.8) is 0 Å². The van der Waals surface area contributed by atoms with Gasteiger partial charge in [-0.3, -0.25) is 4.79 Å². The zero-order valence-electron chi connectivity index (χ0n) is 14.5. The third kappa shape index (κ3) is 4.15. The van der Waals surface area contributed by atoms with E-state index in [1.807, 2.05) is 13.0 Å². The Morgan fingerprint density at radius 2 is 1.69 bits per heavy atom. The van der Waals surface area contributed by atoms with Gasteiger partial charge in [-0.25, -0.2) is 13.1 Å². The number of nitrogens with one attached hydrogen (secondary N) is 1. The summed E-state index contributed by atoms with van der Waals surface area (Å²) in [6.07, 6.45) is 1.92. The predicted molar refractivity (Wildman–Crippen MR) is 104 cm³/mol. The molecule has 3 N–H and O–H groups in total. The highest BCUT2D eigenvalue weighted by Crippen LogP contribution is 2.40. The second kappa shape index (κ2) is 7.88. The molecule has 140 valence electrons. The molecule has 2 aromatic carbocycles. The Morgan fingerprint density at radius 3 is 2.27 bits per heavy atom. The van der Waals surface area contributed by atoms with Gasteiger partial charge in [0, 0.05) is 23.2 Å². The SMILES string of the molecule is CC(CN)(NS(=O)(=O)c1ccccc1C(=O)c1ccccc1)C1CC1.Cl. The normalized spacial score (nSPS) is 16.4. The van der Waals surface area contributed by atoms with E-state index < -0.39 is 15.6 Å². The van der Waals surface area contributed by atoms with E-state index in [-0.39, 0.29) is 41.1 Å². The van der Waals surface area contributed by atoms with Crippen molar-refractivity contribution in [1.82, 2.24) is 4.72 Å². The number of halogens is 1. The summed E-state index contributed by atoms with van der Waals surface area (Å²) in [4.78, 5) is 12.8. The number of benzene rings is 2. The van der Waals surface area contributed by atoms with E-state index in [9.17, 15) is 13.2 Å². The molecule has 1 unspecified atom stereocenters. The summed E-state index contributed by atoms with van der Waals surface area (Å²) in [5.41, 5.74) is 5.75. The van der Waals surface area contributed by atoms with Gasteiger partial charge in [0.05, 0.1) is 4.90 Å². The van der Waals surface area contributed by atoms with Crippen molar-refractivity contribution < 1.29 is 13.2 Å². The van der Waals surface area contributed by atoms with Crippen LogP contribution in [0.5, 0.6) is 0 Å². The van der Waals surface area contributed by atoms with Gasteiger partial charge in [-0.05, 0) is 37.8 Å². The van der Waals surface area contributed by atoms with Crippen LogP contribution in [0.1, 0.15) is 35.7 Å². The predicted octanol–water partition coefficient (Wildman–Crippen LogP) is 2.75. The smallest absolute Gasteiger partial charge is 0.241 e. The molecule has 3 rings (SSSR count). The summed E-state index contributed by atoms with van der Waals surface area (Å²) in [5, 5.41) is 0. The summed E-state index contributed by atoms with van der Waals surface area (Å²) in [6.45, 7) is 2.04. The molecule has 7 heteroatoms. The van der Waals surface area contributed by atoms with Gasteiger partial charge in [-0.1, -0.05) is 42.5 Å². The van der Waals surface area contributed by atoms with Gasteiger partial charge < -0.3 is 5.73 Å². The molecule has 0 radical (unpaired) electrons. The van der Waals surface area contributed by atoms with E-state index >= 15 is 0 Å². The molecule has 0 aromatic heterocycles. The molecule has 5 nitrogen and oxygen atoms in total. The molecule has 0 bridgehead atoms. The molecule has 0 saturated heterocycles. The molecule has 0 spiro atoms. The molecule has 0 heterocycles. The zero-order chi connectivity index (χ0) is 18.1. The molecular weight excluding hydrogens is 372 g/mol. The number of sulfonamides is 1. The molecular formula is C19H23ClN2O3S. The number of carbonyl (C=O) groups excluding carboxylic acids is 1. The molecule has 1 aliphatic carbocycles. The van der Waals surface area contributed by atoms with E-state index in [0.29, 0.717) is 5.56 Å². The van der Waals surface area contributed by atoms with Crippen molar-refractivity contribution in [2.24, 2.45) is 11.7 Å². The quantitative estimate of drug-likeness (QED) is 0.706. The molecule has 1 atom stereocenters. The number of nitrogens with two attached hydrogens (primary N) is 1. The number of carbonyl (C=O) groups is 1. The lowest BCUT2D eigenvalue weighted by atomic mass is 9.98. The van der Waals surface area contributed by atoms with E-state index in [1.165, 1.54) is 6.07 Å². The maximum atomic E-state index is 13.0. The highest BCUT2D eigenvalue weighted by Gasteiger charge is 2.43. The molecule has 2 aromatic rings. The number of ketones is 1. The lowest BCUT2D eigenvalue weighted by Gasteiger charge is -2.29. The average molecular weight is 395 g/mol. The van der Waals surface area contributed by atoms with Crippen LogP contribution >= 0.6 is 12.4 Å². The summed E-state index contributed by atoms with van der Waals surface area (Å²) in [6, 6.07) is 14.9. The monoisotopic (exact) mass is 394 g/mol. The maximum absolute atomic E-state index is 13.0. The van der Waals surface area contributed by atoms with Crippen molar-refractivity contribution >= 4 is 28.2 Å². The van der Waals surface area contributed by atoms with Crippen LogP contribution in [0, 0.1) is 5.92 Å². The van der Waals surface area contributed by atoms with Gasteiger partial charge in [0.1, 0.15) is 0 Å². The maximum Gasteiger partial charge on any atom is 0.241 e. The fourth-order valence-electron chi connectivity index (χ4n) is 3.01. The number of hydrogen-bond donors (Lipinski definition) is 2. The molecule has 1 saturated carbocycles. The van der Waals surface area contributed by atoms with Crippen LogP contribution in [0.15, 0.2) is 59.5 Å². The van der Waals surface area contributed by atoms with Crippen LogP contribution in [-0.2, 0) is 10.0 Å². The Hall–Kier alpha value is -1.73. The second-order valence-electron chi connectivity index (χ2n) is 6.69. The Morgan fingerprint density at radius 1 is 1.12 bits per heavy atom. The fraction of sp³-hybridized carbons (Fsp3) is 0.316. The van der Waals surface area contributed by atoms with Crippen molar-refractivity contribution in [3.8, 4) is 0 Å². The van der Waals surface area contributed by atoms with Gasteiger partial charge in [0.25, 0.3) is 0 Å². The fourth-order valence-corrected chi connectivity index (χ4v) is 4.69. The van der Waals surface area contributed by atoms with E-state index in [1.54, 1.807) is 42.5 Å². The third-order valence-electron chi connectivity index (χ3n) is 4.73. The van der Waals surface area contributed by atoms with Gasteiger partial charge in [-0.15, -0.1) is 12.4 Å². The second-order valence-corrected chi connectivity index (χ2v) is 8.34. The Kier molecular flexibility index (Phi) is 6.24. The summed E-state index contributed by atoms with van der Waals surface area (Å²) < 4.78 is 28.7. The minimum absolute atomic E-state index is 0. The molecule has 0 amide bonds. The van der Waals surface area contributed by atoms with Crippen molar-refractivity contribution in [1.29, 1.82) is 0 Å². The first-order valence-corrected chi connectivity index (χ1v) is 9.78. The minimum Gasteiger partial charge on any atom is -0.329 e. The van der Waals surface area contributed by atoms with Gasteiger partial charge in [0.15, 0.2) is 5.78 Å². The van der Waals surface area contributed by atoms with E-state index in [0.717, 1.165) is 12.8 Å². The Balaban J connectivity index is 0.00000243. The van der Waals surface area contributed by atoms with Crippen LogP contribution in [0.2, 0.25) is 0 Å². The molecule has 1 aliphatic rings. The molecule has 1 fully saturated rings. The summed E-state index contributed by atoms with van der Waals surface area (Å²) in [5.74, 6) is -0.0771. The van der Waals surface area contributed by atoms with Gasteiger partial charge in [-0.2, -0.15) is 0 Å². The standard InChI is InChI=1S/C19H22N2O3S.ClH/c1-19(13-20,15-11-12-15)21-25(23,24)17-10-6-5-9-16(17)18(22)14-7-3-2-4-8-14;/h2-10,15,21H,11-13,20H2,1H3;1H. The van der Waals surface area contributed by atoms with Gasteiger partial charge in [0.2, 0.25) is 10.0 Å². The lowest BCUT2D eigenvalue weighted by molar-refractivity contribution is 0.103.